The third kappa shape index (κ3) is 37.0. The largest absolute Gasteiger partial charge is 0.472 e. The van der Waals surface area contributed by atoms with Crippen LogP contribution in [-0.4, -0.2) is 129 Å². The van der Waals surface area contributed by atoms with Crippen LogP contribution >= 0.6 is 7.82 Å². The van der Waals surface area contributed by atoms with Crippen molar-refractivity contribution in [3.8, 4) is 0 Å². The molecule has 5 amide bonds. The van der Waals surface area contributed by atoms with Crippen molar-refractivity contribution in [1.29, 1.82) is 0 Å². The van der Waals surface area contributed by atoms with E-state index in [2.05, 4.69) is 104 Å². The Morgan fingerprint density at radius 2 is 1.11 bits per heavy atom. The highest BCUT2D eigenvalue weighted by atomic mass is 31.2. The van der Waals surface area contributed by atoms with E-state index in [9.17, 15) is 43.0 Å². The lowest BCUT2D eigenvalue weighted by molar-refractivity contribution is -0.159. The zero-order chi connectivity index (χ0) is 54.3. The highest BCUT2D eigenvalue weighted by Crippen LogP contribution is 2.43. The Labute approximate surface area is 433 Å². The summed E-state index contributed by atoms with van der Waals surface area (Å²) in [5.41, 5.74) is 31.6. The van der Waals surface area contributed by atoms with E-state index in [0.717, 1.165) is 48.8 Å². The van der Waals surface area contributed by atoms with Crippen molar-refractivity contribution in [2.24, 2.45) is 0 Å². The maximum absolute atomic E-state index is 12.7. The molecule has 4 N–H and O–H groups in total. The van der Waals surface area contributed by atoms with Gasteiger partial charge in [-0.2, -0.15) is 0 Å². The van der Waals surface area contributed by atoms with Crippen LogP contribution in [-0.2, 0) is 66.1 Å². The Bertz CT molecular complexity index is 2420. The second-order valence-corrected chi connectivity index (χ2v) is 17.4. The number of phosphoric ester groups is 1. The van der Waals surface area contributed by atoms with Crippen LogP contribution in [0.25, 0.3) is 0 Å². The molecule has 0 aliphatic carbocycles. The lowest BCUT2D eigenvalue weighted by Gasteiger charge is -2.21. The standard InChI is InChI=1S/C54H69N4O15P/c1-4-6-8-10-12-14-16-18-20-22-24-26-28-30-52(63)70-44-47(73-53(64)31-29-27-25-23-21-19-17-15-13-11-9-7-5-2)45-72-74(66,67)71-41-38-56-49(60)33-32-48(59)55-36-39-68-42-43-69-40-37-57-54(65)46(3)58-50(61)34-35-51(58)62/h30,34-35,46-47H,1,5,7,9,11,13,15,17,19,21,23,25,27,29,31-33,36-45H2,2-3H3,(H,55,59)(H,56,60)(H,57,65)(H,66,67). The van der Waals surface area contributed by atoms with Crippen LogP contribution in [0.5, 0.6) is 0 Å². The predicted octanol–water partition coefficient (Wildman–Crippen LogP) is 5.73. The van der Waals surface area contributed by atoms with Gasteiger partial charge in [0.25, 0.3) is 11.8 Å². The van der Waals surface area contributed by atoms with Crippen LogP contribution in [0.2, 0.25) is 0 Å². The molecular weight excluding hydrogens is 976 g/mol. The van der Waals surface area contributed by atoms with Gasteiger partial charge in [0.05, 0.1) is 45.7 Å². The molecule has 0 bridgehead atoms. The van der Waals surface area contributed by atoms with Gasteiger partial charge in [0, 0.05) is 51.0 Å². The number of imide groups is 1. The van der Waals surface area contributed by atoms with Gasteiger partial charge in [-0.05, 0) is 83.0 Å². The molecule has 0 aromatic heterocycles. The third-order valence-electron chi connectivity index (χ3n) is 9.95. The van der Waals surface area contributed by atoms with Crippen molar-refractivity contribution in [1.82, 2.24) is 20.9 Å². The molecule has 19 nitrogen and oxygen atoms in total. The Morgan fingerprint density at radius 1 is 0.635 bits per heavy atom. The molecule has 3 atom stereocenters. The van der Waals surface area contributed by atoms with Crippen LogP contribution < -0.4 is 16.0 Å². The number of ether oxygens (including phenoxy) is 4. The lowest BCUT2D eigenvalue weighted by atomic mass is 10.0. The molecule has 0 saturated carbocycles. The number of nitrogens with one attached hydrogen (secondary N) is 3. The molecule has 1 heterocycles. The number of esters is 2. The molecule has 400 valence electrons. The van der Waals surface area contributed by atoms with E-state index in [1.807, 2.05) is 0 Å². The van der Waals surface area contributed by atoms with Gasteiger partial charge in [-0.1, -0.05) is 95.4 Å². The normalized spacial score (nSPS) is 12.4. The number of amides is 5. The zero-order valence-corrected chi connectivity index (χ0v) is 43.4. The van der Waals surface area contributed by atoms with Gasteiger partial charge in [-0.3, -0.25) is 42.7 Å². The minimum atomic E-state index is -4.75. The molecule has 1 rings (SSSR count). The van der Waals surface area contributed by atoms with E-state index < -0.39 is 81.3 Å². The minimum absolute atomic E-state index is 0.0756. The van der Waals surface area contributed by atoms with E-state index in [-0.39, 0.29) is 65.3 Å². The Morgan fingerprint density at radius 3 is 1.64 bits per heavy atom. The quantitative estimate of drug-likeness (QED) is 0.0143. The first-order valence-electron chi connectivity index (χ1n) is 24.6. The topological polar surface area (TPSA) is 251 Å². The van der Waals surface area contributed by atoms with Gasteiger partial charge >= 0.3 is 19.8 Å². The molecule has 0 fully saturated rings. The molecule has 74 heavy (non-hydrogen) atoms. The second kappa shape index (κ2) is 43.7. The molecule has 1 aliphatic heterocycles. The van der Waals surface area contributed by atoms with Crippen molar-refractivity contribution in [2.45, 2.75) is 129 Å². The maximum atomic E-state index is 12.7. The molecule has 1 aliphatic rings. The zero-order valence-electron chi connectivity index (χ0n) is 42.5. The molecular formula is C54H69N4O15P. The van der Waals surface area contributed by atoms with Crippen LogP contribution in [0.4, 0.5) is 0 Å². The van der Waals surface area contributed by atoms with Gasteiger partial charge < -0.3 is 39.8 Å². The van der Waals surface area contributed by atoms with Crippen LogP contribution in [0.3, 0.4) is 0 Å². The summed E-state index contributed by atoms with van der Waals surface area (Å²) in [6.45, 7) is 6.17. The molecule has 0 saturated heterocycles. The Kier molecular flexibility index (Phi) is 38.5. The summed E-state index contributed by atoms with van der Waals surface area (Å²) in [6, 6.07) is -0.958. The summed E-state index contributed by atoms with van der Waals surface area (Å²) in [7, 11) is -4.75. The summed E-state index contributed by atoms with van der Waals surface area (Å²) in [5, 5.41) is 7.66. The minimum Gasteiger partial charge on any atom is -0.458 e. The van der Waals surface area contributed by atoms with E-state index in [4.69, 9.17) is 28.0 Å². The highest BCUT2D eigenvalue weighted by Gasteiger charge is 2.32. The van der Waals surface area contributed by atoms with Gasteiger partial charge in [0.15, 0.2) is 6.10 Å². The summed E-state index contributed by atoms with van der Waals surface area (Å²) in [4.78, 5) is 96.3. The first-order valence-corrected chi connectivity index (χ1v) is 26.1. The first-order chi connectivity index (χ1) is 35.8. The van der Waals surface area contributed by atoms with Crippen molar-refractivity contribution in [3.63, 3.8) is 0 Å². The van der Waals surface area contributed by atoms with Gasteiger partial charge in [-0.25, -0.2) is 9.36 Å². The summed E-state index contributed by atoms with van der Waals surface area (Å²) in [6.07, 6.45) is 16.3. The van der Waals surface area contributed by atoms with Crippen molar-refractivity contribution >= 4 is 49.3 Å². The number of carbonyl (C=O) groups excluding carboxylic acids is 7. The number of hydrogen-bond donors (Lipinski definition) is 4. The smallest absolute Gasteiger partial charge is 0.458 e. The highest BCUT2D eigenvalue weighted by molar-refractivity contribution is 7.47. The van der Waals surface area contributed by atoms with Gasteiger partial charge in [0.2, 0.25) is 17.7 Å². The number of carbonyl (C=O) groups is 7. The van der Waals surface area contributed by atoms with Crippen molar-refractivity contribution in [2.75, 3.05) is 65.9 Å². The fourth-order valence-electron chi connectivity index (χ4n) is 6.18. The summed E-state index contributed by atoms with van der Waals surface area (Å²) >= 11 is 0. The summed E-state index contributed by atoms with van der Waals surface area (Å²) in [5.74, 6) is -4.05. The predicted molar refractivity (Wildman–Crippen MR) is 269 cm³/mol. The molecule has 0 aromatic rings. The molecule has 3 unspecified atom stereocenters. The fraction of sp³-hybridized carbons (Fsp3) is 0.556. The SMILES string of the molecule is C=C=C=C=C=C=C=C=C=C=C=C=C=C=CC(=O)OCC(COP(=O)(O)OCCNC(=O)CCC(=O)NCCOCCOCCNC(=O)C(C)N1C(=O)C=CC1=O)OC(=O)CCCCCCCCCCCCCCC. The number of unbranched alkanes of at least 4 members (excludes halogenated alkanes) is 12. The van der Waals surface area contributed by atoms with Gasteiger partial charge in [-0.15, -0.1) is 0 Å². The first kappa shape index (κ1) is 65.2. The average Bonchev–Trinajstić information content (AvgIpc) is 3.72. The fourth-order valence-corrected chi connectivity index (χ4v) is 6.93. The van der Waals surface area contributed by atoms with E-state index in [1.165, 1.54) is 58.3 Å². The van der Waals surface area contributed by atoms with Gasteiger partial charge in [0.1, 0.15) is 12.6 Å². The molecule has 0 spiro atoms. The van der Waals surface area contributed by atoms with Crippen LogP contribution in [0.1, 0.15) is 117 Å². The Hall–Kier alpha value is -6.86. The molecule has 0 radical (unpaired) electrons. The van der Waals surface area contributed by atoms with E-state index in [0.29, 0.717) is 6.42 Å². The number of nitrogens with zero attached hydrogens (tertiary/aromatic N) is 1. The maximum Gasteiger partial charge on any atom is 0.472 e. The molecule has 0 aromatic carbocycles. The van der Waals surface area contributed by atoms with E-state index >= 15 is 0 Å². The summed E-state index contributed by atoms with van der Waals surface area (Å²) < 4.78 is 44.0. The van der Waals surface area contributed by atoms with Crippen molar-refractivity contribution < 1.29 is 71.0 Å². The van der Waals surface area contributed by atoms with Crippen LogP contribution in [0, 0.1) is 0 Å². The Balaban J connectivity index is 2.49. The lowest BCUT2D eigenvalue weighted by Crippen LogP contribution is -2.48. The third-order valence-corrected chi connectivity index (χ3v) is 10.9. The monoisotopic (exact) mass is 1040 g/mol. The molecule has 20 heteroatoms. The second-order valence-electron chi connectivity index (χ2n) is 15.9. The number of rotatable bonds is 39. The van der Waals surface area contributed by atoms with Crippen LogP contribution in [0.15, 0.2) is 99.3 Å². The average molecular weight is 1050 g/mol. The number of phosphoric acid groups is 1. The number of hydrogen-bond acceptors (Lipinski definition) is 14. The van der Waals surface area contributed by atoms with Crippen molar-refractivity contribution in [3.05, 3.63) is 99.3 Å². The van der Waals surface area contributed by atoms with E-state index in [1.54, 1.807) is 0 Å².